The number of nitrogens with two attached hydrogens (primary N) is 1. The summed E-state index contributed by atoms with van der Waals surface area (Å²) in [6.07, 6.45) is 48.8. The monoisotopic (exact) mass is 860 g/mol. The van der Waals surface area contributed by atoms with Crippen molar-refractivity contribution < 1.29 is 37.9 Å². The molecule has 316 valence electrons. The molecule has 0 atom stereocenters. The summed E-state index contributed by atoms with van der Waals surface area (Å²) in [6, 6.07) is 0. The van der Waals surface area contributed by atoms with Gasteiger partial charge in [0.1, 0.15) is 6.54 Å². The molecular weight excluding hydrogens is 765 g/mol. The molecule has 6 heteroatoms. The maximum absolute atomic E-state index is 6.17. The first-order valence-electron chi connectivity index (χ1n) is 23.5. The molecule has 1 saturated heterocycles. The Morgan fingerprint density at radius 3 is 1.25 bits per heavy atom. The van der Waals surface area contributed by atoms with Crippen LogP contribution in [0.2, 0.25) is 0 Å². The van der Waals surface area contributed by atoms with Crippen molar-refractivity contribution in [1.82, 2.24) is 4.90 Å². The summed E-state index contributed by atoms with van der Waals surface area (Å²) < 4.78 is 13.4. The minimum atomic E-state index is 0. The van der Waals surface area contributed by atoms with Gasteiger partial charge >= 0.3 is 0 Å². The Hall–Kier alpha value is 0.0100. The van der Waals surface area contributed by atoms with E-state index in [1.54, 1.807) is 0 Å². The van der Waals surface area contributed by atoms with Crippen LogP contribution in [0.4, 0.5) is 0 Å². The number of hydrogen-bond donors (Lipinski definition) is 1. The molecule has 2 N–H and O–H groups in total. The van der Waals surface area contributed by atoms with Crippen molar-refractivity contribution >= 4 is 0 Å². The zero-order valence-corrected chi connectivity index (χ0v) is 38.1. The van der Waals surface area contributed by atoms with Crippen molar-refractivity contribution in [2.45, 2.75) is 200 Å². The van der Waals surface area contributed by atoms with Gasteiger partial charge in [-0.2, -0.15) is 0 Å². The Labute approximate surface area is 350 Å². The van der Waals surface area contributed by atoms with Crippen molar-refractivity contribution in [3.8, 4) is 0 Å². The van der Waals surface area contributed by atoms with Crippen LogP contribution in [0, 0.1) is 0 Å². The third-order valence-electron chi connectivity index (χ3n) is 11.5. The molecule has 1 fully saturated rings. The highest BCUT2D eigenvalue weighted by Crippen LogP contribution is 2.16. The molecule has 0 radical (unpaired) electrons. The van der Waals surface area contributed by atoms with Gasteiger partial charge in [0.25, 0.3) is 0 Å². The number of quaternary nitrogens is 1. The van der Waals surface area contributed by atoms with Crippen molar-refractivity contribution in [2.75, 3.05) is 78.8 Å². The standard InChI is InChI=1S/C47H94N3O2.HI/c1-3-5-7-9-11-13-15-17-19-21-23-25-27-29-31-33-44-51-46-39-49-37-41-50(42-38-49,40-35-36-48)43-47-52-45-34-32-30-28-26-24-22-20-18-16-14-12-10-8-6-4-2;/h17-20H,3-16,21-48H2,1-2H3;1H/q+1;/p-1/b19-17-,20-18-;. The van der Waals surface area contributed by atoms with Gasteiger partial charge in [-0.1, -0.05) is 154 Å². The van der Waals surface area contributed by atoms with Crippen LogP contribution in [0.15, 0.2) is 24.3 Å². The number of halogens is 1. The van der Waals surface area contributed by atoms with Crippen LogP contribution in [0.5, 0.6) is 0 Å². The topological polar surface area (TPSA) is 47.7 Å². The molecule has 1 heterocycles. The first-order chi connectivity index (χ1) is 25.8. The van der Waals surface area contributed by atoms with E-state index in [0.29, 0.717) is 0 Å². The van der Waals surface area contributed by atoms with E-state index in [4.69, 9.17) is 15.2 Å². The molecule has 0 amide bonds. The summed E-state index contributed by atoms with van der Waals surface area (Å²) in [5.74, 6) is 0. The number of nitrogens with zero attached hydrogens (tertiary/aromatic N) is 2. The van der Waals surface area contributed by atoms with Crippen LogP contribution >= 0.6 is 0 Å². The van der Waals surface area contributed by atoms with E-state index < -0.39 is 0 Å². The summed E-state index contributed by atoms with van der Waals surface area (Å²) in [6.45, 7) is 17.3. The third kappa shape index (κ3) is 36.1. The molecule has 0 aromatic heterocycles. The fourth-order valence-corrected chi connectivity index (χ4v) is 7.70. The highest BCUT2D eigenvalue weighted by molar-refractivity contribution is 4.82. The van der Waals surface area contributed by atoms with Crippen LogP contribution in [0.25, 0.3) is 0 Å². The summed E-state index contributed by atoms with van der Waals surface area (Å²) in [4.78, 5) is 2.62. The lowest BCUT2D eigenvalue weighted by Gasteiger charge is -2.45. The van der Waals surface area contributed by atoms with Crippen molar-refractivity contribution in [3.05, 3.63) is 24.3 Å². The van der Waals surface area contributed by atoms with Gasteiger partial charge in [0.15, 0.2) is 0 Å². The normalized spacial score (nSPS) is 14.8. The van der Waals surface area contributed by atoms with Gasteiger partial charge in [-0.3, -0.25) is 4.90 Å². The maximum atomic E-state index is 6.17. The Morgan fingerprint density at radius 2 is 0.830 bits per heavy atom. The SMILES string of the molecule is CCCCCCCC/C=C\CCCCCCCCOCCN1CC[N+](CCCN)(CCOCCCCCCCC/C=C\CCCCCCCC)CC1.[I-]. The van der Waals surface area contributed by atoms with Gasteiger partial charge in [0.2, 0.25) is 0 Å². The minimum absolute atomic E-state index is 0. The molecule has 0 spiro atoms. The zero-order valence-electron chi connectivity index (χ0n) is 36.0. The molecule has 5 nitrogen and oxygen atoms in total. The largest absolute Gasteiger partial charge is 1.00 e. The van der Waals surface area contributed by atoms with Gasteiger partial charge < -0.3 is 43.7 Å². The van der Waals surface area contributed by atoms with Crippen LogP contribution in [-0.4, -0.2) is 88.2 Å². The molecule has 0 aliphatic carbocycles. The third-order valence-corrected chi connectivity index (χ3v) is 11.5. The number of ether oxygens (including phenoxy) is 2. The molecule has 1 aliphatic rings. The molecule has 0 saturated carbocycles. The molecule has 0 unspecified atom stereocenters. The molecular formula is C47H94IN3O2. The fraction of sp³-hybridized carbons (Fsp3) is 0.915. The van der Waals surface area contributed by atoms with E-state index in [1.807, 2.05) is 0 Å². The Balaban J connectivity index is 0.0000270. The summed E-state index contributed by atoms with van der Waals surface area (Å²) in [5.41, 5.74) is 5.94. The predicted octanol–water partition coefficient (Wildman–Crippen LogP) is 9.58. The summed E-state index contributed by atoms with van der Waals surface area (Å²) >= 11 is 0. The van der Waals surface area contributed by atoms with Crippen molar-refractivity contribution in [3.63, 3.8) is 0 Å². The highest BCUT2D eigenvalue weighted by Gasteiger charge is 2.32. The van der Waals surface area contributed by atoms with E-state index in [-0.39, 0.29) is 24.0 Å². The van der Waals surface area contributed by atoms with Gasteiger partial charge in [0.05, 0.1) is 32.8 Å². The first-order valence-corrected chi connectivity index (χ1v) is 23.5. The van der Waals surface area contributed by atoms with Crippen LogP contribution in [0.3, 0.4) is 0 Å². The lowest BCUT2D eigenvalue weighted by atomic mass is 10.1. The van der Waals surface area contributed by atoms with Gasteiger partial charge in [-0.15, -0.1) is 0 Å². The number of unbranched alkanes of at least 4 members (excludes halogenated alkanes) is 24. The van der Waals surface area contributed by atoms with Gasteiger partial charge in [-0.25, -0.2) is 0 Å². The second-order valence-corrected chi connectivity index (χ2v) is 16.3. The number of hydrogen-bond acceptors (Lipinski definition) is 4. The molecule has 0 aromatic carbocycles. The Kier molecular flexibility index (Phi) is 43.1. The molecule has 1 rings (SSSR count). The van der Waals surface area contributed by atoms with E-state index in [9.17, 15) is 0 Å². The number of allylic oxidation sites excluding steroid dienone is 4. The van der Waals surface area contributed by atoms with E-state index in [0.717, 1.165) is 52.5 Å². The highest BCUT2D eigenvalue weighted by atomic mass is 127. The van der Waals surface area contributed by atoms with Gasteiger partial charge in [0, 0.05) is 39.3 Å². The average Bonchev–Trinajstić information content (AvgIpc) is 3.16. The molecule has 53 heavy (non-hydrogen) atoms. The van der Waals surface area contributed by atoms with E-state index >= 15 is 0 Å². The molecule has 0 aromatic rings. The Bertz CT molecular complexity index is 756. The van der Waals surface area contributed by atoms with Crippen LogP contribution in [-0.2, 0) is 9.47 Å². The Morgan fingerprint density at radius 1 is 0.453 bits per heavy atom. The molecule has 0 bridgehead atoms. The first kappa shape index (κ1) is 53.0. The summed E-state index contributed by atoms with van der Waals surface area (Å²) in [5, 5.41) is 0. The lowest BCUT2D eigenvalue weighted by Crippen LogP contribution is -3.00. The number of rotatable bonds is 41. The second-order valence-electron chi connectivity index (χ2n) is 16.3. The van der Waals surface area contributed by atoms with Crippen LogP contribution in [0.1, 0.15) is 200 Å². The second kappa shape index (κ2) is 43.1. The average molecular weight is 860 g/mol. The minimum Gasteiger partial charge on any atom is -1.00 e. The fourth-order valence-electron chi connectivity index (χ4n) is 7.70. The van der Waals surface area contributed by atoms with E-state index in [1.165, 1.54) is 217 Å². The van der Waals surface area contributed by atoms with E-state index in [2.05, 4.69) is 43.1 Å². The number of piperazine rings is 1. The quantitative estimate of drug-likeness (QED) is 0.0288. The summed E-state index contributed by atoms with van der Waals surface area (Å²) in [7, 11) is 0. The van der Waals surface area contributed by atoms with Crippen molar-refractivity contribution in [1.29, 1.82) is 0 Å². The predicted molar refractivity (Wildman–Crippen MR) is 230 cm³/mol. The van der Waals surface area contributed by atoms with Crippen molar-refractivity contribution in [2.24, 2.45) is 5.73 Å². The molecule has 1 aliphatic heterocycles. The smallest absolute Gasteiger partial charge is 0.102 e. The van der Waals surface area contributed by atoms with Gasteiger partial charge in [-0.05, 0) is 70.8 Å². The van der Waals surface area contributed by atoms with Crippen LogP contribution < -0.4 is 29.7 Å². The maximum Gasteiger partial charge on any atom is 0.102 e. The lowest BCUT2D eigenvalue weighted by molar-refractivity contribution is -0.932. The zero-order chi connectivity index (χ0) is 37.3.